The summed E-state index contributed by atoms with van der Waals surface area (Å²) in [4.78, 5) is 26.8. The van der Waals surface area contributed by atoms with Crippen molar-refractivity contribution >= 4 is 38.9 Å². The third-order valence-corrected chi connectivity index (χ3v) is 6.87. The fraction of sp³-hybridized carbons (Fsp3) is 0.500. The molecule has 1 N–H and O–H groups in total. The van der Waals surface area contributed by atoms with Crippen LogP contribution in [0.4, 0.5) is 5.69 Å². The van der Waals surface area contributed by atoms with Crippen LogP contribution in [0.1, 0.15) is 19.3 Å². The van der Waals surface area contributed by atoms with Crippen LogP contribution in [0.5, 0.6) is 0 Å². The number of anilines is 1. The van der Waals surface area contributed by atoms with E-state index in [-0.39, 0.29) is 29.4 Å². The number of halogens is 1. The topological polar surface area (TPSA) is 83.6 Å². The Morgan fingerprint density at radius 1 is 1.29 bits per heavy atom. The summed E-state index contributed by atoms with van der Waals surface area (Å²) < 4.78 is 23.2. The lowest BCUT2D eigenvalue weighted by atomic mass is 10.0. The van der Waals surface area contributed by atoms with Gasteiger partial charge in [-0.25, -0.2) is 8.42 Å². The van der Waals surface area contributed by atoms with Crippen molar-refractivity contribution in [3.63, 3.8) is 0 Å². The highest BCUT2D eigenvalue weighted by molar-refractivity contribution is 7.91. The van der Waals surface area contributed by atoms with Gasteiger partial charge in [-0.15, -0.1) is 0 Å². The lowest BCUT2D eigenvalue weighted by molar-refractivity contribution is -0.142. The fourth-order valence-electron chi connectivity index (χ4n) is 3.05. The second kappa shape index (κ2) is 6.04. The van der Waals surface area contributed by atoms with Gasteiger partial charge in [0.05, 0.1) is 22.2 Å². The third kappa shape index (κ3) is 3.15. The second-order valence-corrected chi connectivity index (χ2v) is 9.12. The van der Waals surface area contributed by atoms with Crippen molar-refractivity contribution in [2.24, 2.45) is 5.41 Å². The Bertz CT molecular complexity index is 789. The van der Waals surface area contributed by atoms with E-state index in [0.717, 1.165) is 0 Å². The van der Waals surface area contributed by atoms with Crippen LogP contribution in [-0.2, 0) is 19.4 Å². The lowest BCUT2D eigenvalue weighted by Gasteiger charge is -2.27. The van der Waals surface area contributed by atoms with Crippen LogP contribution >= 0.6 is 11.6 Å². The van der Waals surface area contributed by atoms with Crippen molar-refractivity contribution in [2.45, 2.75) is 25.3 Å². The predicted molar refractivity (Wildman–Crippen MR) is 91.6 cm³/mol. The SMILES string of the molecule is CN(C(=O)C1(C(=O)Nc2ccccc2Cl)CC1)C1CCS(=O)(=O)C1. The van der Waals surface area contributed by atoms with E-state index in [1.54, 1.807) is 31.3 Å². The summed E-state index contributed by atoms with van der Waals surface area (Å²) in [7, 11) is -1.51. The summed E-state index contributed by atoms with van der Waals surface area (Å²) in [5.41, 5.74) is -0.630. The smallest absolute Gasteiger partial charge is 0.240 e. The second-order valence-electron chi connectivity index (χ2n) is 6.49. The highest BCUT2D eigenvalue weighted by atomic mass is 35.5. The molecule has 1 aliphatic heterocycles. The number of carbonyl (C=O) groups excluding carboxylic acids is 2. The first-order valence-electron chi connectivity index (χ1n) is 7.79. The van der Waals surface area contributed by atoms with Gasteiger partial charge < -0.3 is 10.2 Å². The number of nitrogens with one attached hydrogen (secondary N) is 1. The number of amides is 2. The van der Waals surface area contributed by atoms with Crippen molar-refractivity contribution in [1.29, 1.82) is 0 Å². The largest absolute Gasteiger partial charge is 0.341 e. The van der Waals surface area contributed by atoms with Gasteiger partial charge >= 0.3 is 0 Å². The van der Waals surface area contributed by atoms with Crippen molar-refractivity contribution in [1.82, 2.24) is 4.90 Å². The Morgan fingerprint density at radius 2 is 1.96 bits per heavy atom. The van der Waals surface area contributed by atoms with Gasteiger partial charge in [-0.1, -0.05) is 23.7 Å². The van der Waals surface area contributed by atoms with Crippen molar-refractivity contribution < 1.29 is 18.0 Å². The summed E-state index contributed by atoms with van der Waals surface area (Å²) in [6.07, 6.45) is 1.35. The maximum Gasteiger partial charge on any atom is 0.240 e. The summed E-state index contributed by atoms with van der Waals surface area (Å²) in [6.45, 7) is 0. The number of nitrogens with zero attached hydrogens (tertiary/aromatic N) is 1. The summed E-state index contributed by atoms with van der Waals surface area (Å²) in [5, 5.41) is 3.13. The third-order valence-electron chi connectivity index (χ3n) is 4.79. The van der Waals surface area contributed by atoms with Gasteiger partial charge in [-0.2, -0.15) is 0 Å². The van der Waals surface area contributed by atoms with E-state index in [0.29, 0.717) is 30.0 Å². The Hall–Kier alpha value is -1.60. The average Bonchev–Trinajstić information content (AvgIpc) is 3.27. The molecule has 1 atom stereocenters. The molecular formula is C16H19ClN2O4S. The predicted octanol–water partition coefficient (Wildman–Crippen LogP) is 1.70. The maximum atomic E-state index is 12.8. The van der Waals surface area contributed by atoms with Gasteiger partial charge in [-0.05, 0) is 31.4 Å². The van der Waals surface area contributed by atoms with Crippen LogP contribution in [-0.4, -0.2) is 49.7 Å². The first-order chi connectivity index (χ1) is 11.3. The van der Waals surface area contributed by atoms with Crippen LogP contribution in [0.3, 0.4) is 0 Å². The zero-order chi connectivity index (χ0) is 17.5. The molecule has 0 aromatic heterocycles. The molecule has 2 aliphatic rings. The molecule has 1 aromatic rings. The highest BCUT2D eigenvalue weighted by Crippen LogP contribution is 2.48. The van der Waals surface area contributed by atoms with Crippen LogP contribution in [0, 0.1) is 5.41 Å². The Morgan fingerprint density at radius 3 is 2.50 bits per heavy atom. The van der Waals surface area contributed by atoms with E-state index in [1.807, 2.05) is 0 Å². The molecule has 2 fully saturated rings. The Kier molecular flexibility index (Phi) is 4.34. The minimum absolute atomic E-state index is 0.0303. The summed E-state index contributed by atoms with van der Waals surface area (Å²) >= 11 is 6.04. The normalized spacial score (nSPS) is 23.5. The fourth-order valence-corrected chi connectivity index (χ4v) is 5.01. The molecule has 3 rings (SSSR count). The molecule has 1 unspecified atom stereocenters. The van der Waals surface area contributed by atoms with Crippen LogP contribution < -0.4 is 5.32 Å². The molecule has 1 aromatic carbocycles. The van der Waals surface area contributed by atoms with Gasteiger partial charge in [0.15, 0.2) is 9.84 Å². The number of carbonyl (C=O) groups is 2. The van der Waals surface area contributed by atoms with Gasteiger partial charge in [0.1, 0.15) is 5.41 Å². The lowest BCUT2D eigenvalue weighted by Crippen LogP contribution is -2.46. The van der Waals surface area contributed by atoms with E-state index >= 15 is 0 Å². The zero-order valence-corrected chi connectivity index (χ0v) is 14.9. The molecule has 0 bridgehead atoms. The molecule has 130 valence electrons. The highest BCUT2D eigenvalue weighted by Gasteiger charge is 2.58. The van der Waals surface area contributed by atoms with E-state index in [1.165, 1.54) is 4.90 Å². The first-order valence-corrected chi connectivity index (χ1v) is 9.99. The quantitative estimate of drug-likeness (QED) is 0.818. The monoisotopic (exact) mass is 370 g/mol. The van der Waals surface area contributed by atoms with Gasteiger partial charge in [-0.3, -0.25) is 9.59 Å². The molecule has 0 radical (unpaired) electrons. The number of sulfone groups is 1. The van der Waals surface area contributed by atoms with Crippen molar-refractivity contribution in [3.8, 4) is 0 Å². The minimum Gasteiger partial charge on any atom is -0.341 e. The first kappa shape index (κ1) is 17.2. The molecule has 6 nitrogen and oxygen atoms in total. The van der Waals surface area contributed by atoms with Crippen LogP contribution in [0.25, 0.3) is 0 Å². The van der Waals surface area contributed by atoms with Crippen LogP contribution in [0.15, 0.2) is 24.3 Å². The van der Waals surface area contributed by atoms with Crippen LogP contribution in [0.2, 0.25) is 5.02 Å². The van der Waals surface area contributed by atoms with E-state index < -0.39 is 15.3 Å². The molecule has 0 spiro atoms. The van der Waals surface area contributed by atoms with Crippen molar-refractivity contribution in [3.05, 3.63) is 29.3 Å². The van der Waals surface area contributed by atoms with Gasteiger partial charge in [0.2, 0.25) is 11.8 Å². The maximum absolute atomic E-state index is 12.8. The van der Waals surface area contributed by atoms with Gasteiger partial charge in [0.25, 0.3) is 0 Å². The number of para-hydroxylation sites is 1. The van der Waals surface area contributed by atoms with E-state index in [2.05, 4.69) is 5.32 Å². The number of rotatable bonds is 4. The molecule has 2 amide bonds. The molecule has 1 aliphatic carbocycles. The standard InChI is InChI=1S/C16H19ClN2O4S/c1-19(11-6-9-24(22,23)10-11)15(21)16(7-8-16)14(20)18-13-5-3-2-4-12(13)17/h2-5,11H,6-10H2,1H3,(H,18,20). The number of hydrogen-bond donors (Lipinski definition) is 1. The average molecular weight is 371 g/mol. The number of hydrogen-bond acceptors (Lipinski definition) is 4. The van der Waals surface area contributed by atoms with Crippen molar-refractivity contribution in [2.75, 3.05) is 23.9 Å². The number of benzene rings is 1. The molecular weight excluding hydrogens is 352 g/mol. The minimum atomic E-state index is -3.09. The molecule has 8 heteroatoms. The van der Waals surface area contributed by atoms with E-state index in [4.69, 9.17) is 11.6 Å². The molecule has 24 heavy (non-hydrogen) atoms. The molecule has 1 saturated heterocycles. The molecule has 1 saturated carbocycles. The Labute approximate surface area is 146 Å². The zero-order valence-electron chi connectivity index (χ0n) is 13.3. The summed E-state index contributed by atoms with van der Waals surface area (Å²) in [6, 6.07) is 6.48. The molecule has 1 heterocycles. The van der Waals surface area contributed by atoms with E-state index in [9.17, 15) is 18.0 Å². The summed E-state index contributed by atoms with van der Waals surface area (Å²) in [5.74, 6) is -0.631. The Balaban J connectivity index is 1.72. The van der Waals surface area contributed by atoms with Gasteiger partial charge in [0, 0.05) is 13.1 Å².